The predicted octanol–water partition coefficient (Wildman–Crippen LogP) is 7.83. The van der Waals surface area contributed by atoms with Gasteiger partial charge in [-0.15, -0.1) is 0 Å². The minimum absolute atomic E-state index is 0.123. The minimum Gasteiger partial charge on any atom is -0.497 e. The topological polar surface area (TPSA) is 24.9 Å². The third-order valence-electron chi connectivity index (χ3n) is 9.64. The summed E-state index contributed by atoms with van der Waals surface area (Å²) in [5.74, 6) is 2.29. The van der Waals surface area contributed by atoms with Gasteiger partial charge in [-0.1, -0.05) is 67.8 Å². The molecule has 5 aromatic carbocycles. The highest BCUT2D eigenvalue weighted by molar-refractivity contribution is 7.00. The van der Waals surface area contributed by atoms with Crippen LogP contribution in [0.25, 0.3) is 0 Å². The lowest BCUT2D eigenvalue weighted by Crippen LogP contribution is -2.61. The average molecular weight is 563 g/mol. The van der Waals surface area contributed by atoms with E-state index in [1.807, 2.05) is 0 Å². The molecule has 2 aliphatic heterocycles. The fourth-order valence-electron chi connectivity index (χ4n) is 7.67. The number of fused-ring (bicyclic) bond motifs is 4. The fourth-order valence-corrected chi connectivity index (χ4v) is 7.67. The average Bonchev–Trinajstić information content (AvgIpc) is 3.08. The third-order valence-corrected chi connectivity index (χ3v) is 9.64. The Balaban J connectivity index is 1.46. The van der Waals surface area contributed by atoms with Gasteiger partial charge in [0.05, 0.1) is 19.9 Å². The first-order valence-electron chi connectivity index (χ1n) is 15.5. The number of hydrogen-bond acceptors (Lipinski definition) is 4. The predicted molar refractivity (Wildman–Crippen MR) is 179 cm³/mol. The Kier molecular flexibility index (Phi) is 6.40. The van der Waals surface area contributed by atoms with Crippen molar-refractivity contribution < 1.29 is 9.47 Å². The Labute approximate surface area is 254 Å². The van der Waals surface area contributed by atoms with Gasteiger partial charge in [0.2, 0.25) is 0 Å². The second-order valence-electron chi connectivity index (χ2n) is 11.9. The molecule has 3 aliphatic rings. The largest absolute Gasteiger partial charge is 0.497 e. The van der Waals surface area contributed by atoms with Crippen molar-refractivity contribution in [1.29, 1.82) is 0 Å². The van der Waals surface area contributed by atoms with Gasteiger partial charge in [-0.3, -0.25) is 0 Å². The maximum atomic E-state index is 5.98. The summed E-state index contributed by atoms with van der Waals surface area (Å²) in [5.41, 5.74) is 12.6. The number of rotatable bonds is 5. The summed E-state index contributed by atoms with van der Waals surface area (Å²) in [6, 6.07) is 39.8. The van der Waals surface area contributed by atoms with E-state index in [9.17, 15) is 0 Å². The molecule has 212 valence electrons. The van der Waals surface area contributed by atoms with Gasteiger partial charge in [0.1, 0.15) is 11.5 Å². The number of nitrogens with zero attached hydrogens (tertiary/aromatic N) is 2. The van der Waals surface area contributed by atoms with Crippen molar-refractivity contribution in [3.63, 3.8) is 0 Å². The van der Waals surface area contributed by atoms with E-state index in [1.54, 1.807) is 14.2 Å². The van der Waals surface area contributed by atoms with Crippen LogP contribution in [0.5, 0.6) is 11.5 Å². The summed E-state index contributed by atoms with van der Waals surface area (Å²) in [5, 5.41) is 0. The molecule has 0 aromatic heterocycles. The second kappa shape index (κ2) is 10.6. The summed E-state index contributed by atoms with van der Waals surface area (Å²) in [6.45, 7) is 0.123. The highest BCUT2D eigenvalue weighted by Gasteiger charge is 2.44. The van der Waals surface area contributed by atoms with Crippen LogP contribution >= 0.6 is 0 Å². The monoisotopic (exact) mass is 562 g/mol. The van der Waals surface area contributed by atoms with Crippen molar-refractivity contribution >= 4 is 57.2 Å². The molecule has 0 amide bonds. The second-order valence-corrected chi connectivity index (χ2v) is 11.9. The van der Waals surface area contributed by atoms with E-state index < -0.39 is 0 Å². The highest BCUT2D eigenvalue weighted by atomic mass is 16.5. The molecule has 0 saturated heterocycles. The van der Waals surface area contributed by atoms with Crippen molar-refractivity contribution in [2.75, 3.05) is 24.0 Å². The van der Waals surface area contributed by atoms with Crippen molar-refractivity contribution in [3.05, 3.63) is 115 Å². The summed E-state index contributed by atoms with van der Waals surface area (Å²) in [4.78, 5) is 4.93. The van der Waals surface area contributed by atoms with Crippen molar-refractivity contribution in [1.82, 2.24) is 0 Å². The zero-order valence-corrected chi connectivity index (χ0v) is 24.8. The first kappa shape index (κ1) is 26.0. The van der Waals surface area contributed by atoms with Crippen LogP contribution in [0.3, 0.4) is 0 Å². The normalized spacial score (nSPS) is 15.4. The number of anilines is 6. The van der Waals surface area contributed by atoms with Gasteiger partial charge in [-0.05, 0) is 101 Å². The minimum atomic E-state index is 0.123. The van der Waals surface area contributed by atoms with E-state index in [4.69, 9.17) is 9.47 Å². The van der Waals surface area contributed by atoms with Gasteiger partial charge in [-0.25, -0.2) is 0 Å². The number of ether oxygens (including phenoxy) is 2. The molecule has 5 heteroatoms. The zero-order chi connectivity index (χ0) is 28.9. The molecule has 0 bridgehead atoms. The Morgan fingerprint density at radius 3 is 1.81 bits per heavy atom. The molecule has 8 rings (SSSR count). The molecule has 4 nitrogen and oxygen atoms in total. The molecular formula is C38H35BN2O2. The standard InChI is InChI=1S/C38H35BN2O2/c1-42-29-22-20-28(21-23-29)40-32-16-8-6-14-30(32)39-31-15-7-9-17-33(31)41(34-18-10-11-19-37(34)43-2)36-25-27(24-35(40)38(36)39)26-12-4-3-5-13-26/h6-11,14-26H,3-5,12-13H2,1-2H3. The van der Waals surface area contributed by atoms with E-state index in [1.165, 1.54) is 76.8 Å². The number of hydrogen-bond donors (Lipinski definition) is 0. The summed E-state index contributed by atoms with van der Waals surface area (Å²) < 4.78 is 11.5. The lowest BCUT2D eigenvalue weighted by molar-refractivity contribution is 0.415. The molecule has 2 heterocycles. The molecule has 0 atom stereocenters. The van der Waals surface area contributed by atoms with Gasteiger partial charge >= 0.3 is 0 Å². The van der Waals surface area contributed by atoms with Crippen LogP contribution in [-0.2, 0) is 0 Å². The van der Waals surface area contributed by atoms with Gasteiger partial charge in [0, 0.05) is 28.4 Å². The maximum absolute atomic E-state index is 5.98. The number of methoxy groups -OCH3 is 2. The van der Waals surface area contributed by atoms with E-state index in [2.05, 4.69) is 119 Å². The first-order valence-corrected chi connectivity index (χ1v) is 15.5. The molecule has 0 N–H and O–H groups in total. The lowest BCUT2D eigenvalue weighted by Gasteiger charge is -2.45. The molecular weight excluding hydrogens is 527 g/mol. The summed E-state index contributed by atoms with van der Waals surface area (Å²) in [6.07, 6.45) is 6.41. The van der Waals surface area contributed by atoms with Crippen LogP contribution in [0, 0.1) is 0 Å². The van der Waals surface area contributed by atoms with Crippen LogP contribution in [-0.4, -0.2) is 20.9 Å². The van der Waals surface area contributed by atoms with E-state index in [0.717, 1.165) is 22.9 Å². The molecule has 0 radical (unpaired) electrons. The Bertz CT molecular complexity index is 1810. The quantitative estimate of drug-likeness (QED) is 0.200. The lowest BCUT2D eigenvalue weighted by atomic mass is 9.33. The molecule has 1 fully saturated rings. The molecule has 0 spiro atoms. The molecule has 1 saturated carbocycles. The van der Waals surface area contributed by atoms with Crippen LogP contribution in [0.15, 0.2) is 109 Å². The Morgan fingerprint density at radius 1 is 0.581 bits per heavy atom. The van der Waals surface area contributed by atoms with Crippen molar-refractivity contribution in [3.8, 4) is 11.5 Å². The van der Waals surface area contributed by atoms with Gasteiger partial charge < -0.3 is 19.3 Å². The smallest absolute Gasteiger partial charge is 0.252 e. The van der Waals surface area contributed by atoms with Crippen LogP contribution < -0.4 is 35.7 Å². The molecule has 1 aliphatic carbocycles. The molecule has 5 aromatic rings. The summed E-state index contributed by atoms with van der Waals surface area (Å²) >= 11 is 0. The molecule has 0 unspecified atom stereocenters. The van der Waals surface area contributed by atoms with Crippen LogP contribution in [0.2, 0.25) is 0 Å². The van der Waals surface area contributed by atoms with E-state index >= 15 is 0 Å². The maximum Gasteiger partial charge on any atom is 0.252 e. The van der Waals surface area contributed by atoms with Gasteiger partial charge in [-0.2, -0.15) is 0 Å². The van der Waals surface area contributed by atoms with Crippen LogP contribution in [0.1, 0.15) is 43.6 Å². The van der Waals surface area contributed by atoms with Crippen molar-refractivity contribution in [2.24, 2.45) is 0 Å². The number of benzene rings is 5. The Morgan fingerprint density at radius 2 is 1.16 bits per heavy atom. The zero-order valence-electron chi connectivity index (χ0n) is 24.8. The van der Waals surface area contributed by atoms with Gasteiger partial charge in [0.25, 0.3) is 6.71 Å². The fraction of sp³-hybridized carbons (Fsp3) is 0.211. The number of para-hydroxylation sites is 4. The SMILES string of the molecule is COc1ccc(N2c3ccccc3B3c4ccccc4N(c4ccccc4OC)c4cc(C5CCCCC5)cc2c43)cc1. The first-order chi connectivity index (χ1) is 21.3. The summed E-state index contributed by atoms with van der Waals surface area (Å²) in [7, 11) is 3.50. The highest BCUT2D eigenvalue weighted by Crippen LogP contribution is 2.48. The van der Waals surface area contributed by atoms with E-state index in [-0.39, 0.29) is 6.71 Å². The third kappa shape index (κ3) is 4.13. The molecule has 43 heavy (non-hydrogen) atoms. The van der Waals surface area contributed by atoms with Gasteiger partial charge in [0.15, 0.2) is 0 Å². The van der Waals surface area contributed by atoms with E-state index in [0.29, 0.717) is 5.92 Å². The van der Waals surface area contributed by atoms with Crippen molar-refractivity contribution in [2.45, 2.75) is 38.0 Å². The van der Waals surface area contributed by atoms with Crippen LogP contribution in [0.4, 0.5) is 34.1 Å². The Hall–Kier alpha value is -4.64.